The summed E-state index contributed by atoms with van der Waals surface area (Å²) in [6, 6.07) is 3.96. The highest BCUT2D eigenvalue weighted by Crippen LogP contribution is 2.24. The molecule has 1 saturated heterocycles. The van der Waals surface area contributed by atoms with Gasteiger partial charge in [0.2, 0.25) is 0 Å². The van der Waals surface area contributed by atoms with E-state index in [1.54, 1.807) is 12.3 Å². The zero-order valence-corrected chi connectivity index (χ0v) is 12.5. The van der Waals surface area contributed by atoms with Crippen molar-refractivity contribution >= 4 is 11.7 Å². The minimum Gasteiger partial charge on any atom is -0.355 e. The molecule has 0 spiro atoms. The molecule has 116 valence electrons. The molecule has 0 radical (unpaired) electrons. The quantitative estimate of drug-likeness (QED) is 0.892. The Bertz CT molecular complexity index is 603. The summed E-state index contributed by atoms with van der Waals surface area (Å²) in [4.78, 5) is 13.8. The van der Waals surface area contributed by atoms with Crippen LogP contribution in [-0.2, 0) is 0 Å². The first-order valence-electron chi connectivity index (χ1n) is 7.50. The number of aromatic nitrogens is 5. The highest BCUT2D eigenvalue weighted by atomic mass is 16.1. The first-order chi connectivity index (χ1) is 10.8. The number of piperidine rings is 1. The van der Waals surface area contributed by atoms with Crippen molar-refractivity contribution in [2.24, 2.45) is 0 Å². The van der Waals surface area contributed by atoms with E-state index in [2.05, 4.69) is 30.7 Å². The fourth-order valence-corrected chi connectivity index (χ4v) is 2.64. The summed E-state index contributed by atoms with van der Waals surface area (Å²) in [6.07, 6.45) is 5.59. The average molecular weight is 301 g/mol. The summed E-state index contributed by atoms with van der Waals surface area (Å²) in [5, 5.41) is 18.8. The molecule has 0 bridgehead atoms. The summed E-state index contributed by atoms with van der Waals surface area (Å²) in [7, 11) is 0. The molecule has 2 aromatic heterocycles. The highest BCUT2D eigenvalue weighted by molar-refractivity contribution is 5.92. The zero-order chi connectivity index (χ0) is 15.4. The summed E-state index contributed by atoms with van der Waals surface area (Å²) >= 11 is 0. The maximum atomic E-state index is 11.7. The van der Waals surface area contributed by atoms with Gasteiger partial charge in [0.1, 0.15) is 0 Å². The molecule has 1 N–H and O–H groups in total. The van der Waals surface area contributed by atoms with Gasteiger partial charge in [-0.1, -0.05) is 5.21 Å². The minimum atomic E-state index is -0.188. The second kappa shape index (κ2) is 6.50. The third kappa shape index (κ3) is 3.05. The van der Waals surface area contributed by atoms with E-state index in [0.29, 0.717) is 18.3 Å². The number of nitrogens with zero attached hydrogens (tertiary/aromatic N) is 6. The summed E-state index contributed by atoms with van der Waals surface area (Å²) in [6.45, 7) is 4.23. The van der Waals surface area contributed by atoms with Crippen LogP contribution in [0, 0.1) is 0 Å². The van der Waals surface area contributed by atoms with E-state index in [9.17, 15) is 4.79 Å². The number of hydrogen-bond acceptors (Lipinski definition) is 6. The van der Waals surface area contributed by atoms with Gasteiger partial charge in [0, 0.05) is 25.8 Å². The van der Waals surface area contributed by atoms with Crippen LogP contribution in [0.2, 0.25) is 0 Å². The normalized spacial score (nSPS) is 15.8. The van der Waals surface area contributed by atoms with E-state index < -0.39 is 0 Å². The summed E-state index contributed by atoms with van der Waals surface area (Å²) in [5.41, 5.74) is 0.350. The maximum absolute atomic E-state index is 11.7. The minimum absolute atomic E-state index is 0.188. The van der Waals surface area contributed by atoms with Gasteiger partial charge in [-0.2, -0.15) is 0 Å². The molecule has 0 aliphatic carbocycles. The van der Waals surface area contributed by atoms with Gasteiger partial charge in [-0.3, -0.25) is 4.79 Å². The molecule has 2 aromatic rings. The Morgan fingerprint density at radius 3 is 2.73 bits per heavy atom. The molecule has 8 heteroatoms. The van der Waals surface area contributed by atoms with E-state index in [4.69, 9.17) is 0 Å². The molecule has 0 aromatic carbocycles. The van der Waals surface area contributed by atoms with Gasteiger partial charge in [0.15, 0.2) is 11.5 Å². The third-order valence-electron chi connectivity index (χ3n) is 3.82. The van der Waals surface area contributed by atoms with Crippen LogP contribution in [0.15, 0.2) is 24.5 Å². The predicted octanol–water partition coefficient (Wildman–Crippen LogP) is 0.659. The van der Waals surface area contributed by atoms with E-state index in [1.807, 2.05) is 23.9 Å². The SMILES string of the molecule is CCNC(=O)c1ccc(N2CCC(n3ccnn3)CC2)nn1. The molecule has 1 aliphatic rings. The van der Waals surface area contributed by atoms with Gasteiger partial charge in [0.05, 0.1) is 12.2 Å². The number of carbonyl (C=O) groups is 1. The van der Waals surface area contributed by atoms with Crippen LogP contribution in [0.25, 0.3) is 0 Å². The molecule has 1 fully saturated rings. The Kier molecular flexibility index (Phi) is 4.27. The van der Waals surface area contributed by atoms with Crippen LogP contribution in [0.3, 0.4) is 0 Å². The standard InChI is InChI=1S/C14H19N7O/c1-2-15-14(22)12-3-4-13(18-17-12)20-8-5-11(6-9-20)21-10-7-16-19-21/h3-4,7,10-11H,2,5-6,8-9H2,1H3,(H,15,22). The Balaban J connectivity index is 1.60. The Morgan fingerprint density at radius 1 is 1.32 bits per heavy atom. The van der Waals surface area contributed by atoms with Crippen molar-refractivity contribution in [2.75, 3.05) is 24.5 Å². The van der Waals surface area contributed by atoms with E-state index in [1.165, 1.54) is 0 Å². The average Bonchev–Trinajstić information content (AvgIpc) is 3.10. The second-order valence-corrected chi connectivity index (χ2v) is 5.24. The lowest BCUT2D eigenvalue weighted by Gasteiger charge is -2.32. The number of anilines is 1. The van der Waals surface area contributed by atoms with Crippen molar-refractivity contribution in [2.45, 2.75) is 25.8 Å². The van der Waals surface area contributed by atoms with Crippen molar-refractivity contribution in [1.29, 1.82) is 0 Å². The molecule has 8 nitrogen and oxygen atoms in total. The molecule has 0 unspecified atom stereocenters. The van der Waals surface area contributed by atoms with Crippen molar-refractivity contribution in [3.8, 4) is 0 Å². The smallest absolute Gasteiger partial charge is 0.271 e. The Morgan fingerprint density at radius 2 is 2.14 bits per heavy atom. The molecular weight excluding hydrogens is 282 g/mol. The number of hydrogen-bond donors (Lipinski definition) is 1. The fraction of sp³-hybridized carbons (Fsp3) is 0.500. The molecule has 3 heterocycles. The Hall–Kier alpha value is -2.51. The summed E-state index contributed by atoms with van der Waals surface area (Å²) < 4.78 is 1.92. The van der Waals surface area contributed by atoms with Crippen LogP contribution in [0.4, 0.5) is 5.82 Å². The predicted molar refractivity (Wildman–Crippen MR) is 80.5 cm³/mol. The fourth-order valence-electron chi connectivity index (χ4n) is 2.64. The lowest BCUT2D eigenvalue weighted by Crippen LogP contribution is -2.35. The molecule has 0 atom stereocenters. The van der Waals surface area contributed by atoms with Gasteiger partial charge in [0.25, 0.3) is 5.91 Å². The van der Waals surface area contributed by atoms with Gasteiger partial charge in [-0.15, -0.1) is 15.3 Å². The molecule has 22 heavy (non-hydrogen) atoms. The third-order valence-corrected chi connectivity index (χ3v) is 3.82. The van der Waals surface area contributed by atoms with Crippen LogP contribution < -0.4 is 10.2 Å². The van der Waals surface area contributed by atoms with E-state index in [-0.39, 0.29) is 5.91 Å². The largest absolute Gasteiger partial charge is 0.355 e. The molecule has 1 aliphatic heterocycles. The van der Waals surface area contributed by atoms with Gasteiger partial charge in [-0.05, 0) is 31.9 Å². The van der Waals surface area contributed by atoms with Gasteiger partial charge in [-0.25, -0.2) is 4.68 Å². The van der Waals surface area contributed by atoms with Crippen LogP contribution in [0.5, 0.6) is 0 Å². The number of nitrogens with one attached hydrogen (secondary N) is 1. The molecule has 3 rings (SSSR count). The van der Waals surface area contributed by atoms with Crippen LogP contribution >= 0.6 is 0 Å². The van der Waals surface area contributed by atoms with Crippen molar-refractivity contribution in [1.82, 2.24) is 30.5 Å². The zero-order valence-electron chi connectivity index (χ0n) is 12.5. The maximum Gasteiger partial charge on any atom is 0.271 e. The Labute approximate surface area is 128 Å². The first kappa shape index (κ1) is 14.4. The van der Waals surface area contributed by atoms with Crippen LogP contribution in [-0.4, -0.2) is 50.7 Å². The lowest BCUT2D eigenvalue weighted by molar-refractivity contribution is 0.0950. The number of amides is 1. The second-order valence-electron chi connectivity index (χ2n) is 5.24. The topological polar surface area (TPSA) is 88.8 Å². The molecular formula is C14H19N7O. The molecule has 0 saturated carbocycles. The highest BCUT2D eigenvalue weighted by Gasteiger charge is 2.22. The van der Waals surface area contributed by atoms with Crippen molar-refractivity contribution in [3.63, 3.8) is 0 Å². The van der Waals surface area contributed by atoms with Crippen molar-refractivity contribution < 1.29 is 4.79 Å². The monoisotopic (exact) mass is 301 g/mol. The van der Waals surface area contributed by atoms with E-state index >= 15 is 0 Å². The lowest BCUT2D eigenvalue weighted by atomic mass is 10.1. The van der Waals surface area contributed by atoms with E-state index in [0.717, 1.165) is 31.7 Å². The van der Waals surface area contributed by atoms with Crippen molar-refractivity contribution in [3.05, 3.63) is 30.2 Å². The van der Waals surface area contributed by atoms with Gasteiger partial charge < -0.3 is 10.2 Å². The number of carbonyl (C=O) groups excluding carboxylic acids is 1. The molecule has 1 amide bonds. The van der Waals surface area contributed by atoms with Gasteiger partial charge >= 0.3 is 0 Å². The van der Waals surface area contributed by atoms with Crippen LogP contribution in [0.1, 0.15) is 36.3 Å². The first-order valence-corrected chi connectivity index (χ1v) is 7.50. The number of rotatable bonds is 4. The summed E-state index contributed by atoms with van der Waals surface area (Å²) in [5.74, 6) is 0.622.